The number of carbonyl (C=O) groups excluding carboxylic acids is 1. The van der Waals surface area contributed by atoms with Crippen molar-refractivity contribution in [3.8, 4) is 5.69 Å². The average Bonchev–Trinajstić information content (AvgIpc) is 3.59. The van der Waals surface area contributed by atoms with Crippen molar-refractivity contribution in [2.24, 2.45) is 0 Å². The highest BCUT2D eigenvalue weighted by atomic mass is 16.5. The number of hydrogen-bond donors (Lipinski definition) is 4. The van der Waals surface area contributed by atoms with Gasteiger partial charge in [0.1, 0.15) is 11.6 Å². The van der Waals surface area contributed by atoms with Gasteiger partial charge in [-0.15, -0.1) is 0 Å². The second-order valence-electron chi connectivity index (χ2n) is 9.04. The molecule has 2 aromatic carbocycles. The fraction of sp³-hybridized carbons (Fsp3) is 0.269. The van der Waals surface area contributed by atoms with Crippen molar-refractivity contribution in [3.63, 3.8) is 0 Å². The van der Waals surface area contributed by atoms with Gasteiger partial charge in [-0.3, -0.25) is 9.69 Å². The van der Waals surface area contributed by atoms with Crippen LogP contribution < -0.4 is 11.1 Å². The van der Waals surface area contributed by atoms with Gasteiger partial charge in [0.2, 0.25) is 5.78 Å². The fourth-order valence-corrected chi connectivity index (χ4v) is 4.74. The molecule has 1 aliphatic rings. The van der Waals surface area contributed by atoms with Gasteiger partial charge < -0.3 is 25.8 Å². The van der Waals surface area contributed by atoms with Crippen LogP contribution >= 0.6 is 0 Å². The number of ketones is 1. The van der Waals surface area contributed by atoms with Gasteiger partial charge in [-0.05, 0) is 43.3 Å². The third-order valence-corrected chi connectivity index (χ3v) is 6.64. The van der Waals surface area contributed by atoms with Gasteiger partial charge >= 0.3 is 0 Å². The first-order chi connectivity index (χ1) is 17.6. The minimum Gasteiger partial charge on any atom is -0.383 e. The van der Waals surface area contributed by atoms with Crippen molar-refractivity contribution < 1.29 is 9.53 Å². The van der Waals surface area contributed by atoms with E-state index in [1.807, 2.05) is 49.4 Å². The Kier molecular flexibility index (Phi) is 5.67. The first-order valence-electron chi connectivity index (χ1n) is 12.1. The first-order valence-corrected chi connectivity index (χ1v) is 12.1. The molecule has 4 heterocycles. The van der Waals surface area contributed by atoms with E-state index in [4.69, 9.17) is 10.5 Å². The maximum absolute atomic E-state index is 13.4. The molecular weight excluding hydrogens is 456 g/mol. The largest absolute Gasteiger partial charge is 0.383 e. The van der Waals surface area contributed by atoms with Crippen molar-refractivity contribution in [1.29, 1.82) is 0 Å². The Bertz CT molecular complexity index is 1560. The zero-order valence-electron chi connectivity index (χ0n) is 20.0. The van der Waals surface area contributed by atoms with Crippen LogP contribution in [0.4, 0.5) is 11.5 Å². The van der Waals surface area contributed by atoms with Gasteiger partial charge in [-0.25, -0.2) is 9.67 Å². The third-order valence-electron chi connectivity index (χ3n) is 6.64. The molecule has 0 spiro atoms. The highest BCUT2D eigenvalue weighted by Gasteiger charge is 2.20. The van der Waals surface area contributed by atoms with E-state index in [1.165, 1.54) is 6.20 Å². The number of carbonyl (C=O) groups is 1. The molecule has 6 rings (SSSR count). The number of aromatic nitrogens is 5. The minimum atomic E-state index is -0.203. The number of morpholine rings is 1. The first kappa shape index (κ1) is 22.3. The van der Waals surface area contributed by atoms with Gasteiger partial charge in [0.15, 0.2) is 0 Å². The van der Waals surface area contributed by atoms with Gasteiger partial charge in [-0.1, -0.05) is 6.07 Å². The second-order valence-corrected chi connectivity index (χ2v) is 9.04. The van der Waals surface area contributed by atoms with Crippen LogP contribution in [0.1, 0.15) is 21.9 Å². The number of aromatic amines is 2. The maximum Gasteiger partial charge on any atom is 0.214 e. The number of aryl methyl sites for hydroxylation is 1. The maximum atomic E-state index is 13.4. The Balaban J connectivity index is 1.23. The Hall–Kier alpha value is -4.15. The molecule has 0 unspecified atom stereocenters. The molecule has 0 saturated carbocycles. The van der Waals surface area contributed by atoms with Crippen LogP contribution in [-0.4, -0.2) is 74.8 Å². The molecule has 184 valence electrons. The van der Waals surface area contributed by atoms with E-state index in [9.17, 15) is 4.79 Å². The SMILES string of the molecule is Cc1nc2cc(-n3ncc(C(=O)c4cc5c(NCCN6CCOCC6)cccc5[nH]4)c3N)ccc2[nH]1. The summed E-state index contributed by atoms with van der Waals surface area (Å²) >= 11 is 0. The van der Waals surface area contributed by atoms with E-state index in [0.717, 1.165) is 78.5 Å². The lowest BCUT2D eigenvalue weighted by Crippen LogP contribution is -2.39. The summed E-state index contributed by atoms with van der Waals surface area (Å²) in [5, 5.41) is 8.88. The summed E-state index contributed by atoms with van der Waals surface area (Å²) in [4.78, 5) is 26.7. The molecule has 5 N–H and O–H groups in total. The van der Waals surface area contributed by atoms with Crippen molar-refractivity contribution >= 4 is 39.2 Å². The van der Waals surface area contributed by atoms with Crippen molar-refractivity contribution in [3.05, 3.63) is 65.7 Å². The number of nitrogen functional groups attached to an aromatic ring is 1. The number of ether oxygens (including phenoxy) is 1. The number of benzene rings is 2. The van der Waals surface area contributed by atoms with Crippen molar-refractivity contribution in [2.75, 3.05) is 50.4 Å². The Labute approximate surface area is 207 Å². The highest BCUT2D eigenvalue weighted by Crippen LogP contribution is 2.27. The van der Waals surface area contributed by atoms with Crippen LogP contribution in [0.2, 0.25) is 0 Å². The number of rotatable bonds is 7. The quantitative estimate of drug-likeness (QED) is 0.261. The molecular formula is C26H28N8O2. The van der Waals surface area contributed by atoms with Crippen LogP contribution in [0.3, 0.4) is 0 Å². The molecule has 1 saturated heterocycles. The minimum absolute atomic E-state index is 0.203. The Morgan fingerprint density at radius 3 is 2.86 bits per heavy atom. The topological polar surface area (TPSA) is 130 Å². The van der Waals surface area contributed by atoms with E-state index in [-0.39, 0.29) is 11.6 Å². The van der Waals surface area contributed by atoms with Gasteiger partial charge in [0.05, 0.1) is 47.4 Å². The summed E-state index contributed by atoms with van der Waals surface area (Å²) in [6.07, 6.45) is 1.52. The molecule has 3 aromatic heterocycles. The van der Waals surface area contributed by atoms with E-state index < -0.39 is 0 Å². The van der Waals surface area contributed by atoms with Crippen LogP contribution in [0.15, 0.2) is 48.7 Å². The number of imidazole rings is 1. The number of anilines is 2. The summed E-state index contributed by atoms with van der Waals surface area (Å²) in [6.45, 7) is 7.15. The van der Waals surface area contributed by atoms with E-state index in [0.29, 0.717) is 11.3 Å². The Morgan fingerprint density at radius 1 is 1.14 bits per heavy atom. The molecule has 0 atom stereocenters. The highest BCUT2D eigenvalue weighted by molar-refractivity contribution is 6.13. The zero-order chi connectivity index (χ0) is 24.6. The lowest BCUT2D eigenvalue weighted by Gasteiger charge is -2.26. The van der Waals surface area contributed by atoms with E-state index in [2.05, 4.69) is 30.3 Å². The van der Waals surface area contributed by atoms with Gasteiger partial charge in [-0.2, -0.15) is 5.10 Å². The molecule has 10 heteroatoms. The smallest absolute Gasteiger partial charge is 0.214 e. The summed E-state index contributed by atoms with van der Waals surface area (Å²) < 4.78 is 6.99. The van der Waals surface area contributed by atoms with Crippen LogP contribution in [0.25, 0.3) is 27.6 Å². The number of nitrogens with one attached hydrogen (secondary N) is 3. The standard InChI is InChI=1S/C26H28N8O2/c1-16-30-22-6-5-17(13-23(22)31-16)34-26(27)19(15-29-34)25(35)24-14-18-20(3-2-4-21(18)32-24)28-7-8-33-9-11-36-12-10-33/h2-6,13-15,28,32H,7-12,27H2,1H3,(H,30,31). The molecule has 1 aliphatic heterocycles. The fourth-order valence-electron chi connectivity index (χ4n) is 4.74. The van der Waals surface area contributed by atoms with Gasteiger partial charge in [0.25, 0.3) is 0 Å². The van der Waals surface area contributed by atoms with Gasteiger partial charge in [0, 0.05) is 42.8 Å². The lowest BCUT2D eigenvalue weighted by atomic mass is 10.1. The van der Waals surface area contributed by atoms with Crippen LogP contribution in [0.5, 0.6) is 0 Å². The van der Waals surface area contributed by atoms with E-state index >= 15 is 0 Å². The number of hydrogen-bond acceptors (Lipinski definition) is 7. The predicted molar refractivity (Wildman–Crippen MR) is 140 cm³/mol. The summed E-state index contributed by atoms with van der Waals surface area (Å²) in [5.74, 6) is 0.917. The summed E-state index contributed by atoms with van der Waals surface area (Å²) in [7, 11) is 0. The van der Waals surface area contributed by atoms with Crippen LogP contribution in [-0.2, 0) is 4.74 Å². The number of fused-ring (bicyclic) bond motifs is 2. The third kappa shape index (κ3) is 4.10. The predicted octanol–water partition coefficient (Wildman–Crippen LogP) is 3.10. The van der Waals surface area contributed by atoms with Crippen molar-refractivity contribution in [2.45, 2.75) is 6.92 Å². The molecule has 0 bridgehead atoms. The zero-order valence-corrected chi connectivity index (χ0v) is 20.0. The summed E-state index contributed by atoms with van der Waals surface area (Å²) in [6, 6.07) is 13.6. The monoisotopic (exact) mass is 484 g/mol. The summed E-state index contributed by atoms with van der Waals surface area (Å²) in [5.41, 5.74) is 11.6. The average molecular weight is 485 g/mol. The number of nitrogens with two attached hydrogens (primary N) is 1. The normalized spacial score (nSPS) is 14.6. The molecule has 1 fully saturated rings. The molecule has 5 aromatic rings. The molecule has 36 heavy (non-hydrogen) atoms. The van der Waals surface area contributed by atoms with Crippen LogP contribution in [0, 0.1) is 6.92 Å². The van der Waals surface area contributed by atoms with E-state index in [1.54, 1.807) is 4.68 Å². The number of H-pyrrole nitrogens is 2. The second kappa shape index (κ2) is 9.14. The number of nitrogens with zero attached hydrogens (tertiary/aromatic N) is 4. The molecule has 0 aliphatic carbocycles. The van der Waals surface area contributed by atoms with Crippen molar-refractivity contribution in [1.82, 2.24) is 29.6 Å². The molecule has 0 amide bonds. The molecule has 0 radical (unpaired) electrons. The molecule has 10 nitrogen and oxygen atoms in total. The Morgan fingerprint density at radius 2 is 2.00 bits per heavy atom. The lowest BCUT2D eigenvalue weighted by molar-refractivity contribution is 0.0398.